The van der Waals surface area contributed by atoms with Gasteiger partial charge in [-0.25, -0.2) is 9.18 Å². The molecule has 5 nitrogen and oxygen atoms in total. The van der Waals surface area contributed by atoms with Crippen molar-refractivity contribution >= 4 is 17.6 Å². The first kappa shape index (κ1) is 27.2. The fraction of sp³-hybridized carbons (Fsp3) is 0.741. The van der Waals surface area contributed by atoms with Gasteiger partial charge in [0.1, 0.15) is 5.82 Å². The molecule has 1 saturated heterocycles. The van der Waals surface area contributed by atoms with E-state index < -0.39 is 0 Å². The molecular weight excluding hydrogens is 453 g/mol. The minimum atomic E-state index is -0.323. The minimum Gasteiger partial charge on any atom is -0.385 e. The zero-order valence-corrected chi connectivity index (χ0v) is 21.5. The van der Waals surface area contributed by atoms with Gasteiger partial charge in [-0.1, -0.05) is 62.3 Å². The lowest BCUT2D eigenvalue weighted by molar-refractivity contribution is 0.150. The van der Waals surface area contributed by atoms with Crippen molar-refractivity contribution in [3.05, 3.63) is 34.6 Å². The molecule has 1 aromatic carbocycles. The van der Waals surface area contributed by atoms with Crippen LogP contribution < -0.4 is 11.1 Å². The van der Waals surface area contributed by atoms with Crippen LogP contribution in [0.2, 0.25) is 5.02 Å². The van der Waals surface area contributed by atoms with E-state index in [1.807, 2.05) is 17.0 Å². The Kier molecular flexibility index (Phi) is 11.4. The number of carbonyl (C=O) groups is 1. The van der Waals surface area contributed by atoms with Gasteiger partial charge < -0.3 is 20.7 Å². The van der Waals surface area contributed by atoms with Gasteiger partial charge >= 0.3 is 6.03 Å². The van der Waals surface area contributed by atoms with Crippen LogP contribution in [0, 0.1) is 17.7 Å². The highest BCUT2D eigenvalue weighted by Gasteiger charge is 2.32. The average Bonchev–Trinajstić information content (AvgIpc) is 2.85. The Hall–Kier alpha value is -1.37. The van der Waals surface area contributed by atoms with E-state index >= 15 is 0 Å². The smallest absolute Gasteiger partial charge is 0.317 e. The van der Waals surface area contributed by atoms with Gasteiger partial charge in [0, 0.05) is 39.4 Å². The van der Waals surface area contributed by atoms with Crippen LogP contribution in [0.3, 0.4) is 0 Å². The van der Waals surface area contributed by atoms with E-state index in [9.17, 15) is 9.18 Å². The number of hydrogen-bond acceptors (Lipinski definition) is 3. The van der Waals surface area contributed by atoms with Gasteiger partial charge in [0.05, 0.1) is 5.02 Å². The number of benzene rings is 1. The maximum Gasteiger partial charge on any atom is 0.317 e. The molecule has 7 heteroatoms. The molecule has 2 unspecified atom stereocenters. The topological polar surface area (TPSA) is 67.6 Å². The monoisotopic (exact) mass is 495 g/mol. The fourth-order valence-corrected chi connectivity index (χ4v) is 6.03. The lowest BCUT2D eigenvalue weighted by Crippen LogP contribution is -2.49. The second-order valence-electron chi connectivity index (χ2n) is 10.3. The SMILES string of the molecule is COCCCC[C@H](c1cccc(Cl)c1F)C1CCCN(C(=O)NCC(N)CC2CCCCC2)C1. The average molecular weight is 496 g/mol. The highest BCUT2D eigenvalue weighted by Crippen LogP contribution is 2.38. The Labute approximate surface area is 209 Å². The molecule has 34 heavy (non-hydrogen) atoms. The van der Waals surface area contributed by atoms with Crippen LogP contribution >= 0.6 is 11.6 Å². The molecule has 3 rings (SSSR count). The summed E-state index contributed by atoms with van der Waals surface area (Å²) < 4.78 is 20.2. The van der Waals surface area contributed by atoms with Gasteiger partial charge in [-0.2, -0.15) is 0 Å². The number of unbranched alkanes of at least 4 members (excludes halogenated alkanes) is 1. The van der Waals surface area contributed by atoms with Crippen molar-refractivity contribution in [1.29, 1.82) is 0 Å². The zero-order chi connectivity index (χ0) is 24.3. The van der Waals surface area contributed by atoms with Gasteiger partial charge in [0.2, 0.25) is 0 Å². The molecule has 3 N–H and O–H groups in total. The van der Waals surface area contributed by atoms with Gasteiger partial charge in [0.25, 0.3) is 0 Å². The molecule has 1 heterocycles. The molecule has 1 aromatic rings. The van der Waals surface area contributed by atoms with E-state index in [0.29, 0.717) is 31.2 Å². The summed E-state index contributed by atoms with van der Waals surface area (Å²) in [5.74, 6) is 0.605. The third-order valence-electron chi connectivity index (χ3n) is 7.68. The van der Waals surface area contributed by atoms with Gasteiger partial charge in [-0.05, 0) is 61.5 Å². The maximum absolute atomic E-state index is 15.0. The fourth-order valence-electron chi connectivity index (χ4n) is 5.85. The second-order valence-corrected chi connectivity index (χ2v) is 10.7. The van der Waals surface area contributed by atoms with Crippen LogP contribution in [-0.4, -0.2) is 50.3 Å². The van der Waals surface area contributed by atoms with E-state index in [2.05, 4.69) is 5.32 Å². The largest absolute Gasteiger partial charge is 0.385 e. The highest BCUT2D eigenvalue weighted by molar-refractivity contribution is 6.30. The number of ether oxygens (including phenoxy) is 1. The van der Waals surface area contributed by atoms with Crippen molar-refractivity contribution in [3.8, 4) is 0 Å². The predicted molar refractivity (Wildman–Crippen MR) is 137 cm³/mol. The van der Waals surface area contributed by atoms with Gasteiger partial charge in [0.15, 0.2) is 0 Å². The molecule has 3 atom stereocenters. The van der Waals surface area contributed by atoms with E-state index in [-0.39, 0.29) is 34.7 Å². The van der Waals surface area contributed by atoms with Crippen LogP contribution in [0.4, 0.5) is 9.18 Å². The van der Waals surface area contributed by atoms with E-state index in [1.54, 1.807) is 13.2 Å². The molecule has 1 saturated carbocycles. The first-order valence-electron chi connectivity index (χ1n) is 13.2. The number of amides is 2. The number of likely N-dealkylation sites (tertiary alicyclic amines) is 1. The molecule has 1 aliphatic heterocycles. The summed E-state index contributed by atoms with van der Waals surface area (Å²) in [6, 6.07) is 5.23. The van der Waals surface area contributed by atoms with E-state index in [1.165, 1.54) is 32.1 Å². The molecular formula is C27H43ClFN3O2. The van der Waals surface area contributed by atoms with Gasteiger partial charge in [-0.3, -0.25) is 0 Å². The summed E-state index contributed by atoms with van der Waals surface area (Å²) >= 11 is 6.12. The lowest BCUT2D eigenvalue weighted by atomic mass is 9.78. The molecule has 0 radical (unpaired) electrons. The molecule has 2 aliphatic rings. The van der Waals surface area contributed by atoms with Crippen molar-refractivity contribution in [1.82, 2.24) is 10.2 Å². The lowest BCUT2D eigenvalue weighted by Gasteiger charge is -2.37. The van der Waals surface area contributed by atoms with E-state index in [0.717, 1.165) is 45.1 Å². The predicted octanol–water partition coefficient (Wildman–Crippen LogP) is 6.10. The molecule has 192 valence electrons. The highest BCUT2D eigenvalue weighted by atomic mass is 35.5. The number of methoxy groups -OCH3 is 1. The van der Waals surface area contributed by atoms with Crippen LogP contribution in [0.5, 0.6) is 0 Å². The Bertz CT molecular complexity index is 759. The number of hydrogen-bond donors (Lipinski definition) is 2. The number of halogens is 2. The first-order chi connectivity index (χ1) is 16.5. The summed E-state index contributed by atoms with van der Waals surface area (Å²) in [5.41, 5.74) is 7.02. The Morgan fingerprint density at radius 1 is 1.24 bits per heavy atom. The molecule has 0 aromatic heterocycles. The number of urea groups is 1. The zero-order valence-electron chi connectivity index (χ0n) is 20.7. The first-order valence-corrected chi connectivity index (χ1v) is 13.6. The quantitative estimate of drug-likeness (QED) is 0.364. The number of rotatable bonds is 11. The Balaban J connectivity index is 1.57. The number of piperidine rings is 1. The minimum absolute atomic E-state index is 0.00160. The third-order valence-corrected chi connectivity index (χ3v) is 7.98. The molecule has 2 fully saturated rings. The normalized spacial score (nSPS) is 21.3. The third kappa shape index (κ3) is 8.10. The van der Waals surface area contributed by atoms with Crippen LogP contribution in [0.25, 0.3) is 0 Å². The maximum atomic E-state index is 15.0. The summed E-state index contributed by atoms with van der Waals surface area (Å²) in [6.07, 6.45) is 12.1. The summed E-state index contributed by atoms with van der Waals surface area (Å²) in [5, 5.41) is 3.24. The van der Waals surface area contributed by atoms with Gasteiger partial charge in [-0.15, -0.1) is 0 Å². The molecule has 2 amide bonds. The number of nitrogens with zero attached hydrogens (tertiary/aromatic N) is 1. The standard InChI is InChI=1S/C27H43ClFN3O2/c1-34-16-6-5-12-23(24-13-7-14-25(28)26(24)29)21-11-8-15-32(19-21)27(33)31-18-22(30)17-20-9-3-2-4-10-20/h7,13-14,20-23H,2-6,8-12,15-19,30H2,1H3,(H,31,33)/t21?,22?,23-/m0/s1. The number of nitrogens with one attached hydrogen (secondary N) is 1. The Morgan fingerprint density at radius 2 is 2.03 bits per heavy atom. The number of carbonyl (C=O) groups excluding carboxylic acids is 1. The van der Waals surface area contributed by atoms with Crippen molar-refractivity contribution in [2.75, 3.05) is 33.4 Å². The summed E-state index contributed by atoms with van der Waals surface area (Å²) in [7, 11) is 1.70. The van der Waals surface area contributed by atoms with Crippen molar-refractivity contribution in [3.63, 3.8) is 0 Å². The van der Waals surface area contributed by atoms with Crippen LogP contribution in [0.15, 0.2) is 18.2 Å². The second kappa shape index (κ2) is 14.3. The Morgan fingerprint density at radius 3 is 2.79 bits per heavy atom. The summed E-state index contributed by atoms with van der Waals surface area (Å²) in [6.45, 7) is 2.57. The van der Waals surface area contributed by atoms with Crippen molar-refractivity contribution in [2.24, 2.45) is 17.6 Å². The van der Waals surface area contributed by atoms with Crippen molar-refractivity contribution in [2.45, 2.75) is 82.6 Å². The summed E-state index contributed by atoms with van der Waals surface area (Å²) in [4.78, 5) is 14.9. The molecule has 0 spiro atoms. The van der Waals surface area contributed by atoms with Crippen LogP contribution in [-0.2, 0) is 4.74 Å². The number of nitrogens with two attached hydrogens (primary N) is 1. The molecule has 0 bridgehead atoms. The molecule has 1 aliphatic carbocycles. The van der Waals surface area contributed by atoms with Crippen molar-refractivity contribution < 1.29 is 13.9 Å². The van der Waals surface area contributed by atoms with Crippen LogP contribution in [0.1, 0.15) is 82.1 Å². The van der Waals surface area contributed by atoms with E-state index in [4.69, 9.17) is 22.1 Å².